The highest BCUT2D eigenvalue weighted by Gasteiger charge is 2.49. The summed E-state index contributed by atoms with van der Waals surface area (Å²) in [7, 11) is 0. The molecule has 0 amide bonds. The van der Waals surface area contributed by atoms with Crippen molar-refractivity contribution in [1.29, 1.82) is 0 Å². The Balaban J connectivity index is 1.43. The second kappa shape index (κ2) is 10.9. The van der Waals surface area contributed by atoms with Crippen LogP contribution in [-0.2, 0) is 18.9 Å². The van der Waals surface area contributed by atoms with Crippen molar-refractivity contribution >= 4 is 17.9 Å². The summed E-state index contributed by atoms with van der Waals surface area (Å²) in [5.41, 5.74) is 0.975. The second-order valence-electron chi connectivity index (χ2n) is 8.02. The minimum absolute atomic E-state index is 0.179. The van der Waals surface area contributed by atoms with E-state index in [1.54, 1.807) is 91.0 Å². The molecule has 180 valence electrons. The molecular weight excluding hydrogens is 452 g/mol. The highest BCUT2D eigenvalue weighted by Crippen LogP contribution is 2.32. The van der Waals surface area contributed by atoms with E-state index in [0.29, 0.717) is 16.7 Å². The van der Waals surface area contributed by atoms with Crippen LogP contribution in [-0.4, -0.2) is 54.2 Å². The highest BCUT2D eigenvalue weighted by molar-refractivity contribution is 5.90. The van der Waals surface area contributed by atoms with E-state index in [2.05, 4.69) is 0 Å². The third kappa shape index (κ3) is 6.32. The van der Waals surface area contributed by atoms with Gasteiger partial charge in [-0.2, -0.15) is 0 Å². The van der Waals surface area contributed by atoms with E-state index < -0.39 is 42.5 Å². The fraction of sp³-hybridized carbons (Fsp3) is 0.222. The molecule has 0 saturated carbocycles. The van der Waals surface area contributed by atoms with E-state index in [0.717, 1.165) is 0 Å². The molecule has 0 aliphatic carbocycles. The largest absolute Gasteiger partial charge is 0.459 e. The first-order valence-corrected chi connectivity index (χ1v) is 11.0. The SMILES string of the molecule is O=C(OC[C@H]1OC(O)(COC(=O)c2ccccc2)CC1OC(=O)c1ccccc1)c1ccccc1. The Kier molecular flexibility index (Phi) is 7.54. The lowest BCUT2D eigenvalue weighted by Gasteiger charge is -2.22. The molecule has 8 heteroatoms. The summed E-state index contributed by atoms with van der Waals surface area (Å²) in [6.45, 7) is -0.779. The number of hydrogen-bond acceptors (Lipinski definition) is 8. The van der Waals surface area contributed by atoms with Crippen molar-refractivity contribution < 1.29 is 38.4 Å². The third-order valence-electron chi connectivity index (χ3n) is 5.40. The van der Waals surface area contributed by atoms with Crippen molar-refractivity contribution in [1.82, 2.24) is 0 Å². The van der Waals surface area contributed by atoms with Crippen molar-refractivity contribution in [2.45, 2.75) is 24.4 Å². The smallest absolute Gasteiger partial charge is 0.338 e. The van der Waals surface area contributed by atoms with Crippen LogP contribution < -0.4 is 0 Å². The van der Waals surface area contributed by atoms with Crippen LogP contribution >= 0.6 is 0 Å². The van der Waals surface area contributed by atoms with Crippen LogP contribution in [0.1, 0.15) is 37.5 Å². The maximum Gasteiger partial charge on any atom is 0.338 e. The average molecular weight is 476 g/mol. The van der Waals surface area contributed by atoms with Crippen molar-refractivity contribution in [3.05, 3.63) is 108 Å². The van der Waals surface area contributed by atoms with Gasteiger partial charge in [-0.05, 0) is 36.4 Å². The van der Waals surface area contributed by atoms with E-state index in [-0.39, 0.29) is 13.0 Å². The lowest BCUT2D eigenvalue weighted by Crippen LogP contribution is -2.36. The van der Waals surface area contributed by atoms with Crippen molar-refractivity contribution in [3.8, 4) is 0 Å². The predicted octanol–water partition coefficient (Wildman–Crippen LogP) is 3.40. The molecule has 4 rings (SSSR count). The molecule has 1 saturated heterocycles. The number of benzene rings is 3. The number of rotatable bonds is 8. The molecular formula is C27H24O8. The van der Waals surface area contributed by atoms with Gasteiger partial charge in [-0.3, -0.25) is 0 Å². The normalized spacial score (nSPS) is 21.2. The summed E-state index contributed by atoms with van der Waals surface area (Å²) < 4.78 is 21.9. The van der Waals surface area contributed by atoms with Gasteiger partial charge in [-0.15, -0.1) is 0 Å². The minimum atomic E-state index is -1.93. The summed E-state index contributed by atoms with van der Waals surface area (Å²) >= 11 is 0. The Morgan fingerprint density at radius 1 is 0.743 bits per heavy atom. The van der Waals surface area contributed by atoms with Crippen LogP contribution in [0, 0.1) is 0 Å². The highest BCUT2D eigenvalue weighted by atomic mass is 16.7. The third-order valence-corrected chi connectivity index (χ3v) is 5.40. The monoisotopic (exact) mass is 476 g/mol. The lowest BCUT2D eigenvalue weighted by atomic mass is 10.1. The molecule has 1 fully saturated rings. The van der Waals surface area contributed by atoms with Crippen LogP contribution in [0.4, 0.5) is 0 Å². The molecule has 0 radical (unpaired) electrons. The van der Waals surface area contributed by atoms with Gasteiger partial charge in [0.05, 0.1) is 16.7 Å². The molecule has 3 aromatic rings. The van der Waals surface area contributed by atoms with Crippen LogP contribution in [0.25, 0.3) is 0 Å². The van der Waals surface area contributed by atoms with Gasteiger partial charge >= 0.3 is 17.9 Å². The van der Waals surface area contributed by atoms with E-state index in [1.807, 2.05) is 0 Å². The summed E-state index contributed by atoms with van der Waals surface area (Å²) in [4.78, 5) is 37.3. The molecule has 1 aliphatic heterocycles. The van der Waals surface area contributed by atoms with Gasteiger partial charge in [-0.25, -0.2) is 14.4 Å². The first-order chi connectivity index (χ1) is 16.9. The number of esters is 3. The number of hydrogen-bond donors (Lipinski definition) is 1. The van der Waals surface area contributed by atoms with Gasteiger partial charge in [0.1, 0.15) is 25.4 Å². The Morgan fingerprint density at radius 2 is 1.20 bits per heavy atom. The van der Waals surface area contributed by atoms with Crippen molar-refractivity contribution in [2.75, 3.05) is 13.2 Å². The standard InChI is InChI=1S/C27H24O8/c28-24(19-10-4-1-5-11-19)32-17-23-22(34-26(30)21-14-8-3-9-15-21)16-27(31,35-23)18-33-25(29)20-12-6-2-7-13-20/h1-15,22-23,31H,16-18H2/t22?,23-,27?/m1/s1. The summed E-state index contributed by atoms with van der Waals surface area (Å²) in [6.07, 6.45) is -2.11. The Hall–Kier alpha value is -4.01. The number of aliphatic hydroxyl groups is 1. The van der Waals surface area contributed by atoms with Crippen LogP contribution in [0.3, 0.4) is 0 Å². The summed E-state index contributed by atoms with van der Waals surface area (Å²) in [5.74, 6) is -3.78. The minimum Gasteiger partial charge on any atom is -0.459 e. The molecule has 0 aromatic heterocycles. The molecule has 1 aliphatic rings. The van der Waals surface area contributed by atoms with Gasteiger partial charge in [0.2, 0.25) is 5.79 Å². The van der Waals surface area contributed by atoms with Crippen LogP contribution in [0.15, 0.2) is 91.0 Å². The molecule has 3 atom stereocenters. The zero-order valence-corrected chi connectivity index (χ0v) is 18.7. The molecule has 0 bridgehead atoms. The zero-order chi connectivity index (χ0) is 24.7. The topological polar surface area (TPSA) is 108 Å². The molecule has 35 heavy (non-hydrogen) atoms. The van der Waals surface area contributed by atoms with Gasteiger partial charge < -0.3 is 24.1 Å². The first-order valence-electron chi connectivity index (χ1n) is 11.0. The van der Waals surface area contributed by atoms with E-state index in [9.17, 15) is 19.5 Å². The quantitative estimate of drug-likeness (QED) is 0.389. The maximum absolute atomic E-state index is 12.6. The summed E-state index contributed by atoms with van der Waals surface area (Å²) in [6, 6.07) is 25.0. The Morgan fingerprint density at radius 3 is 1.71 bits per heavy atom. The molecule has 2 unspecified atom stereocenters. The number of carbonyl (C=O) groups is 3. The molecule has 1 heterocycles. The van der Waals surface area contributed by atoms with Crippen LogP contribution in [0.5, 0.6) is 0 Å². The van der Waals surface area contributed by atoms with Crippen molar-refractivity contribution in [2.24, 2.45) is 0 Å². The fourth-order valence-electron chi connectivity index (χ4n) is 3.63. The average Bonchev–Trinajstić information content (AvgIpc) is 3.22. The molecule has 1 N–H and O–H groups in total. The first kappa shape index (κ1) is 24.1. The number of carbonyl (C=O) groups excluding carboxylic acids is 3. The van der Waals surface area contributed by atoms with E-state index in [1.165, 1.54) is 0 Å². The summed E-state index contributed by atoms with van der Waals surface area (Å²) in [5, 5.41) is 11.0. The van der Waals surface area contributed by atoms with Gasteiger partial charge in [0.15, 0.2) is 0 Å². The maximum atomic E-state index is 12.6. The molecule has 8 nitrogen and oxygen atoms in total. The Bertz CT molecular complexity index is 1150. The lowest BCUT2D eigenvalue weighted by molar-refractivity contribution is -0.217. The zero-order valence-electron chi connectivity index (χ0n) is 18.7. The predicted molar refractivity (Wildman–Crippen MR) is 124 cm³/mol. The fourth-order valence-corrected chi connectivity index (χ4v) is 3.63. The molecule has 3 aromatic carbocycles. The molecule has 0 spiro atoms. The van der Waals surface area contributed by atoms with Gasteiger partial charge in [0, 0.05) is 6.42 Å². The van der Waals surface area contributed by atoms with E-state index in [4.69, 9.17) is 18.9 Å². The van der Waals surface area contributed by atoms with E-state index >= 15 is 0 Å². The van der Waals surface area contributed by atoms with Crippen molar-refractivity contribution in [3.63, 3.8) is 0 Å². The number of ether oxygens (including phenoxy) is 4. The van der Waals surface area contributed by atoms with Gasteiger partial charge in [-0.1, -0.05) is 54.6 Å². The van der Waals surface area contributed by atoms with Gasteiger partial charge in [0.25, 0.3) is 0 Å². The van der Waals surface area contributed by atoms with Crippen LogP contribution in [0.2, 0.25) is 0 Å². The Labute approximate surface area is 202 Å². The second-order valence-corrected chi connectivity index (χ2v) is 8.02.